The molecular weight excluding hydrogens is 512 g/mol. The van der Waals surface area contributed by atoms with Gasteiger partial charge in [-0.1, -0.05) is 109 Å². The zero-order valence-electron chi connectivity index (χ0n) is 23.8. The zero-order chi connectivity index (χ0) is 27.8. The van der Waals surface area contributed by atoms with Gasteiger partial charge in [-0.15, -0.1) is 0 Å². The molecule has 4 saturated carbocycles. The summed E-state index contributed by atoms with van der Waals surface area (Å²) in [5.41, 5.74) is 5.47. The van der Waals surface area contributed by atoms with Gasteiger partial charge in [-0.2, -0.15) is 0 Å². The van der Waals surface area contributed by atoms with Crippen LogP contribution in [-0.4, -0.2) is 5.97 Å². The molecule has 0 amide bonds. The fraction of sp³-hybridized carbons (Fsp3) is 0.275. The molecule has 2 heteroatoms. The Morgan fingerprint density at radius 1 is 0.595 bits per heavy atom. The standard InChI is InChI=1S/C40H34O2/c41-39(40-22-25-19-26(23-40)21-27(20-25)24-40)42-38-34(28-11-3-1-4-12-28)36-32-17-9-7-15-30(32)31-16-8-10-18-33(31)37(36)35(38)29-13-5-2-6-14-29/h1-18,25-27,34H,19-24H2. The lowest BCUT2D eigenvalue weighted by Crippen LogP contribution is -2.50. The maximum absolute atomic E-state index is 14.6. The van der Waals surface area contributed by atoms with Crippen LogP contribution in [0.5, 0.6) is 0 Å². The molecule has 0 radical (unpaired) electrons. The van der Waals surface area contributed by atoms with E-state index in [0.717, 1.165) is 36.2 Å². The monoisotopic (exact) mass is 546 g/mol. The minimum Gasteiger partial charge on any atom is -0.429 e. The van der Waals surface area contributed by atoms with Crippen LogP contribution in [0.1, 0.15) is 66.7 Å². The van der Waals surface area contributed by atoms with Crippen molar-refractivity contribution < 1.29 is 9.53 Å². The topological polar surface area (TPSA) is 26.3 Å². The average molecular weight is 547 g/mol. The first-order valence-corrected chi connectivity index (χ1v) is 15.7. The second kappa shape index (κ2) is 9.16. The third kappa shape index (κ3) is 3.54. The molecule has 10 rings (SSSR count). The highest BCUT2D eigenvalue weighted by molar-refractivity contribution is 6.17. The Bertz CT molecular complexity index is 1860. The first kappa shape index (κ1) is 24.4. The van der Waals surface area contributed by atoms with E-state index in [9.17, 15) is 4.79 Å². The number of ether oxygens (including phenoxy) is 1. The van der Waals surface area contributed by atoms with Gasteiger partial charge in [0.05, 0.1) is 11.3 Å². The molecule has 5 aliphatic carbocycles. The molecule has 42 heavy (non-hydrogen) atoms. The summed E-state index contributed by atoms with van der Waals surface area (Å²) < 4.78 is 6.95. The van der Waals surface area contributed by atoms with Gasteiger partial charge in [0.25, 0.3) is 0 Å². The fourth-order valence-corrected chi connectivity index (χ4v) is 9.67. The van der Waals surface area contributed by atoms with Crippen LogP contribution in [0.4, 0.5) is 0 Å². The Labute approximate surface area is 247 Å². The van der Waals surface area contributed by atoms with E-state index in [0.29, 0.717) is 17.8 Å². The van der Waals surface area contributed by atoms with Crippen LogP contribution in [0.25, 0.3) is 27.1 Å². The van der Waals surface area contributed by atoms with E-state index >= 15 is 0 Å². The Hall–Kier alpha value is -4.17. The largest absolute Gasteiger partial charge is 0.429 e. The molecule has 206 valence electrons. The van der Waals surface area contributed by atoms with Crippen LogP contribution in [0.3, 0.4) is 0 Å². The van der Waals surface area contributed by atoms with E-state index in [1.807, 2.05) is 0 Å². The molecule has 0 heterocycles. The molecular formula is C40H34O2. The highest BCUT2D eigenvalue weighted by Crippen LogP contribution is 2.61. The van der Waals surface area contributed by atoms with Crippen molar-refractivity contribution in [3.8, 4) is 0 Å². The van der Waals surface area contributed by atoms with Crippen molar-refractivity contribution in [1.29, 1.82) is 0 Å². The summed E-state index contributed by atoms with van der Waals surface area (Å²) in [4.78, 5) is 14.6. The fourth-order valence-electron chi connectivity index (χ4n) is 9.67. The average Bonchev–Trinajstić information content (AvgIpc) is 3.36. The van der Waals surface area contributed by atoms with Crippen LogP contribution in [0, 0.1) is 23.2 Å². The molecule has 2 nitrogen and oxygen atoms in total. The van der Waals surface area contributed by atoms with Crippen LogP contribution < -0.4 is 0 Å². The van der Waals surface area contributed by atoms with Gasteiger partial charge in [0, 0.05) is 5.57 Å². The summed E-state index contributed by atoms with van der Waals surface area (Å²) >= 11 is 0. The predicted molar refractivity (Wildman–Crippen MR) is 169 cm³/mol. The maximum atomic E-state index is 14.6. The van der Waals surface area contributed by atoms with Gasteiger partial charge in [0.15, 0.2) is 0 Å². The van der Waals surface area contributed by atoms with Gasteiger partial charge in [0.1, 0.15) is 5.76 Å². The number of hydrogen-bond acceptors (Lipinski definition) is 2. The number of allylic oxidation sites excluding steroid dienone is 1. The van der Waals surface area contributed by atoms with E-state index in [4.69, 9.17) is 4.74 Å². The summed E-state index contributed by atoms with van der Waals surface area (Å²) in [6, 6.07) is 38.8. The second-order valence-corrected chi connectivity index (χ2v) is 13.4. The van der Waals surface area contributed by atoms with Crippen molar-refractivity contribution in [2.24, 2.45) is 23.2 Å². The van der Waals surface area contributed by atoms with Gasteiger partial charge in [-0.05, 0) is 100 Å². The number of carbonyl (C=O) groups excluding carboxylic acids is 1. The van der Waals surface area contributed by atoms with Gasteiger partial charge in [-0.3, -0.25) is 4.79 Å². The number of esters is 1. The zero-order valence-corrected chi connectivity index (χ0v) is 23.8. The van der Waals surface area contributed by atoms with E-state index in [1.165, 1.54) is 57.5 Å². The van der Waals surface area contributed by atoms with E-state index < -0.39 is 0 Å². The van der Waals surface area contributed by atoms with Crippen LogP contribution in [0.15, 0.2) is 115 Å². The smallest absolute Gasteiger partial charge is 0.317 e. The van der Waals surface area contributed by atoms with Gasteiger partial charge in [-0.25, -0.2) is 0 Å². The van der Waals surface area contributed by atoms with E-state index in [2.05, 4.69) is 109 Å². The SMILES string of the molecule is O=C(OC1=C(c2ccccc2)c2c(c3ccccc3c3ccccc23)C1c1ccccc1)C12CC3CC(CC(C3)C1)C2. The number of benzene rings is 5. The summed E-state index contributed by atoms with van der Waals surface area (Å²) in [6.45, 7) is 0. The summed E-state index contributed by atoms with van der Waals surface area (Å²) in [7, 11) is 0. The van der Waals surface area contributed by atoms with E-state index in [-0.39, 0.29) is 17.3 Å². The molecule has 0 aliphatic heterocycles. The number of carbonyl (C=O) groups is 1. The van der Waals surface area contributed by atoms with Crippen molar-refractivity contribution in [1.82, 2.24) is 0 Å². The quantitative estimate of drug-likeness (QED) is 0.166. The highest BCUT2D eigenvalue weighted by Gasteiger charge is 2.56. The minimum atomic E-state index is -0.330. The first-order valence-electron chi connectivity index (χ1n) is 15.7. The molecule has 5 aromatic carbocycles. The number of hydrogen-bond donors (Lipinski definition) is 0. The molecule has 1 unspecified atom stereocenters. The number of fused-ring (bicyclic) bond motifs is 6. The lowest BCUT2D eigenvalue weighted by atomic mass is 9.49. The van der Waals surface area contributed by atoms with Crippen LogP contribution in [-0.2, 0) is 9.53 Å². The Balaban J connectivity index is 1.32. The van der Waals surface area contributed by atoms with Crippen molar-refractivity contribution in [3.63, 3.8) is 0 Å². The summed E-state index contributed by atoms with van der Waals surface area (Å²) in [5.74, 6) is 2.72. The number of rotatable bonds is 4. The molecule has 0 N–H and O–H groups in total. The minimum absolute atomic E-state index is 0.0207. The summed E-state index contributed by atoms with van der Waals surface area (Å²) in [6.07, 6.45) is 6.92. The second-order valence-electron chi connectivity index (χ2n) is 13.4. The van der Waals surface area contributed by atoms with Crippen molar-refractivity contribution in [2.45, 2.75) is 44.4 Å². The maximum Gasteiger partial charge on any atom is 0.317 e. The third-order valence-corrected chi connectivity index (χ3v) is 10.9. The predicted octanol–water partition coefficient (Wildman–Crippen LogP) is 9.66. The highest BCUT2D eigenvalue weighted by atomic mass is 16.5. The lowest BCUT2D eigenvalue weighted by molar-refractivity contribution is -0.167. The molecule has 4 bridgehead atoms. The third-order valence-electron chi connectivity index (χ3n) is 10.9. The van der Waals surface area contributed by atoms with Crippen molar-refractivity contribution >= 4 is 33.1 Å². The van der Waals surface area contributed by atoms with Gasteiger partial charge in [0.2, 0.25) is 0 Å². The molecule has 0 saturated heterocycles. The summed E-state index contributed by atoms with van der Waals surface area (Å²) in [5, 5.41) is 4.93. The lowest BCUT2D eigenvalue weighted by Gasteiger charge is -2.55. The van der Waals surface area contributed by atoms with Gasteiger partial charge < -0.3 is 4.74 Å². The van der Waals surface area contributed by atoms with Crippen LogP contribution in [0.2, 0.25) is 0 Å². The normalized spacial score (nSPS) is 27.5. The van der Waals surface area contributed by atoms with Crippen LogP contribution >= 0.6 is 0 Å². The molecule has 1 atom stereocenters. The molecule has 0 spiro atoms. The molecule has 0 aromatic heterocycles. The first-order chi connectivity index (χ1) is 20.7. The Morgan fingerprint density at radius 2 is 1.10 bits per heavy atom. The van der Waals surface area contributed by atoms with Crippen molar-refractivity contribution in [3.05, 3.63) is 137 Å². The molecule has 4 fully saturated rings. The van der Waals surface area contributed by atoms with E-state index in [1.54, 1.807) is 0 Å². The van der Waals surface area contributed by atoms with Gasteiger partial charge >= 0.3 is 5.97 Å². The Morgan fingerprint density at radius 3 is 1.71 bits per heavy atom. The van der Waals surface area contributed by atoms with Crippen molar-refractivity contribution in [2.75, 3.05) is 0 Å². The molecule has 5 aliphatic rings. The Kier molecular flexibility index (Phi) is 5.33. The molecule has 5 aromatic rings.